The summed E-state index contributed by atoms with van der Waals surface area (Å²) in [5, 5.41) is 0. The van der Waals surface area contributed by atoms with Crippen molar-refractivity contribution in [1.29, 1.82) is 0 Å². The molecule has 10 heteroatoms. The third-order valence-electron chi connectivity index (χ3n) is 8.84. The van der Waals surface area contributed by atoms with Gasteiger partial charge in [-0.25, -0.2) is 9.97 Å². The molecule has 3 aromatic rings. The number of carbonyl (C=O) groups is 2. The minimum absolute atomic E-state index is 0.228. The van der Waals surface area contributed by atoms with Crippen LogP contribution in [0.4, 0.5) is 0 Å². The highest BCUT2D eigenvalue weighted by atomic mass is 16.5. The Balaban J connectivity index is 1.62. The maximum atomic E-state index is 12.7. The van der Waals surface area contributed by atoms with Crippen molar-refractivity contribution < 1.29 is 19.1 Å². The van der Waals surface area contributed by atoms with E-state index < -0.39 is 0 Å². The van der Waals surface area contributed by atoms with E-state index >= 15 is 0 Å². The van der Waals surface area contributed by atoms with Gasteiger partial charge in [-0.15, -0.1) is 0 Å². The largest absolute Gasteiger partial charge is 0.464 e. The van der Waals surface area contributed by atoms with E-state index in [1.54, 1.807) is 0 Å². The van der Waals surface area contributed by atoms with E-state index in [1.807, 2.05) is 38.0 Å². The smallest absolute Gasteiger partial charge is 0.306 e. The van der Waals surface area contributed by atoms with E-state index in [1.165, 1.54) is 0 Å². The molecule has 8 bridgehead atoms. The van der Waals surface area contributed by atoms with Gasteiger partial charge in [0, 0.05) is 48.0 Å². The first kappa shape index (κ1) is 34.8. The van der Waals surface area contributed by atoms with Gasteiger partial charge < -0.3 is 29.2 Å². The van der Waals surface area contributed by atoms with Gasteiger partial charge in [0.2, 0.25) is 0 Å². The van der Waals surface area contributed by atoms with Gasteiger partial charge >= 0.3 is 11.9 Å². The summed E-state index contributed by atoms with van der Waals surface area (Å²) in [5.74, 6) is -0.459. The van der Waals surface area contributed by atoms with E-state index in [4.69, 9.17) is 19.4 Å². The Morgan fingerprint density at radius 2 is 1.35 bits per heavy atom. The van der Waals surface area contributed by atoms with Gasteiger partial charge in [-0.2, -0.15) is 0 Å². The second-order valence-electron chi connectivity index (χ2n) is 13.2. The van der Waals surface area contributed by atoms with Crippen LogP contribution in [0.25, 0.3) is 44.9 Å². The number of ether oxygens (including phenoxy) is 2. The normalized spacial score (nSPS) is 13.0. The predicted molar refractivity (Wildman–Crippen MR) is 193 cm³/mol. The Hall–Kier alpha value is -4.54. The zero-order valence-electron chi connectivity index (χ0n) is 29.5. The predicted octanol–water partition coefficient (Wildman–Crippen LogP) is 6.35. The first-order valence-electron chi connectivity index (χ1n) is 16.6. The number of esters is 2. The van der Waals surface area contributed by atoms with Gasteiger partial charge in [-0.1, -0.05) is 0 Å². The fourth-order valence-corrected chi connectivity index (χ4v) is 5.93. The molecule has 0 unspecified atom stereocenters. The van der Waals surface area contributed by atoms with Crippen molar-refractivity contribution in [3.63, 3.8) is 0 Å². The number of likely N-dealkylation sites (N-methyl/N-ethyl adjacent to an activating group) is 2. The molecule has 0 saturated carbocycles. The number of fused-ring (bicyclic) bond motifs is 8. The number of hydrogen-bond donors (Lipinski definition) is 2. The van der Waals surface area contributed by atoms with Crippen LogP contribution in [0, 0.1) is 13.8 Å². The van der Waals surface area contributed by atoms with Crippen LogP contribution < -0.4 is 0 Å². The summed E-state index contributed by atoms with van der Waals surface area (Å²) in [6.45, 7) is 10.3. The molecule has 0 aromatic carbocycles. The summed E-state index contributed by atoms with van der Waals surface area (Å²) in [5.41, 5.74) is 13.4. The first-order valence-corrected chi connectivity index (χ1v) is 16.6. The van der Waals surface area contributed by atoms with Gasteiger partial charge in [-0.05, 0) is 139 Å². The van der Waals surface area contributed by atoms with Gasteiger partial charge in [0.25, 0.3) is 0 Å². The van der Waals surface area contributed by atoms with Gasteiger partial charge in [0.15, 0.2) is 0 Å². The van der Waals surface area contributed by atoms with Crippen LogP contribution in [-0.4, -0.2) is 96.2 Å². The molecule has 0 saturated heterocycles. The number of aromatic nitrogens is 4. The fourth-order valence-electron chi connectivity index (χ4n) is 5.93. The second kappa shape index (κ2) is 15.1. The number of aromatic amines is 2. The van der Waals surface area contributed by atoms with Crippen molar-refractivity contribution >= 4 is 56.8 Å². The summed E-state index contributed by atoms with van der Waals surface area (Å²) in [6, 6.07) is 10.4. The fraction of sp³-hybridized carbons (Fsp3) is 0.421. The summed E-state index contributed by atoms with van der Waals surface area (Å²) in [7, 11) is 7.81. The Morgan fingerprint density at radius 1 is 0.708 bits per heavy atom. The van der Waals surface area contributed by atoms with Crippen molar-refractivity contribution in [2.75, 3.05) is 54.5 Å². The Labute approximate surface area is 282 Å². The van der Waals surface area contributed by atoms with Crippen LogP contribution >= 0.6 is 0 Å². The number of nitrogens with zero attached hydrogens (tertiary/aromatic N) is 4. The molecule has 2 aliphatic heterocycles. The Kier molecular flexibility index (Phi) is 11.0. The number of hydrogen-bond acceptors (Lipinski definition) is 8. The lowest BCUT2D eigenvalue weighted by Gasteiger charge is -2.10. The van der Waals surface area contributed by atoms with E-state index in [0.717, 1.165) is 78.3 Å². The SMILES string of the molecule is CC1=Cc2cc3[nH]c(cc4nc(cc5[nH]c(cc1n2)cc5C)C(C)=C4CCC(=O)OCCN(C)C)c(CCC(=O)OCCN(C)C)c3C. The van der Waals surface area contributed by atoms with E-state index in [2.05, 4.69) is 74.1 Å². The highest BCUT2D eigenvalue weighted by Crippen LogP contribution is 2.35. The number of carbonyl (C=O) groups excluding carboxylic acids is 2. The maximum Gasteiger partial charge on any atom is 0.306 e. The average Bonchev–Trinajstić information content (AvgIpc) is 3.71. The van der Waals surface area contributed by atoms with Gasteiger partial charge in [0.1, 0.15) is 13.2 Å². The zero-order valence-corrected chi connectivity index (χ0v) is 29.5. The lowest BCUT2D eigenvalue weighted by molar-refractivity contribution is -0.144. The molecule has 10 nitrogen and oxygen atoms in total. The van der Waals surface area contributed by atoms with Crippen LogP contribution in [0.3, 0.4) is 0 Å². The Morgan fingerprint density at radius 3 is 2.02 bits per heavy atom. The van der Waals surface area contributed by atoms with Crippen LogP contribution in [0.2, 0.25) is 0 Å². The zero-order chi connectivity index (χ0) is 34.5. The number of allylic oxidation sites excluding steroid dienone is 3. The molecular formula is C38H48N6O4. The molecule has 254 valence electrons. The molecule has 0 spiro atoms. The van der Waals surface area contributed by atoms with Crippen molar-refractivity contribution in [2.45, 2.75) is 53.4 Å². The van der Waals surface area contributed by atoms with Crippen molar-refractivity contribution in [1.82, 2.24) is 29.7 Å². The minimum atomic E-state index is -0.231. The molecule has 0 aliphatic carbocycles. The molecule has 5 heterocycles. The summed E-state index contributed by atoms with van der Waals surface area (Å²) >= 11 is 0. The van der Waals surface area contributed by atoms with Gasteiger partial charge in [-0.3, -0.25) is 9.59 Å². The topological polar surface area (TPSA) is 116 Å². The molecular weight excluding hydrogens is 604 g/mol. The molecule has 48 heavy (non-hydrogen) atoms. The molecule has 0 atom stereocenters. The molecule has 0 fully saturated rings. The van der Waals surface area contributed by atoms with Crippen molar-refractivity contribution in [2.24, 2.45) is 0 Å². The highest BCUT2D eigenvalue weighted by molar-refractivity contribution is 5.94. The summed E-state index contributed by atoms with van der Waals surface area (Å²) in [6.07, 6.45) is 3.59. The van der Waals surface area contributed by atoms with Crippen LogP contribution in [0.5, 0.6) is 0 Å². The molecule has 3 aromatic heterocycles. The van der Waals surface area contributed by atoms with E-state index in [0.29, 0.717) is 39.1 Å². The third kappa shape index (κ3) is 8.48. The first-order chi connectivity index (χ1) is 22.9. The molecule has 5 rings (SSSR count). The molecule has 0 amide bonds. The lowest BCUT2D eigenvalue weighted by Crippen LogP contribution is -2.20. The monoisotopic (exact) mass is 652 g/mol. The van der Waals surface area contributed by atoms with E-state index in [-0.39, 0.29) is 24.8 Å². The quantitative estimate of drug-likeness (QED) is 0.218. The van der Waals surface area contributed by atoms with Crippen molar-refractivity contribution in [3.8, 4) is 0 Å². The standard InChI is InChI=1S/C38H48N6O4/c1-23-17-28-20-33-25(3)29(9-11-37(45)47-15-13-43(5)6)35(41-33)22-36-30(10-12-38(46)48-16-14-44(7)8)26(4)34(42-36)21-32-24(2)18-27(40-32)19-31(23)39-28/h17-22,40-41H,9-16H2,1-8H3. The number of rotatable bonds is 12. The third-order valence-corrected chi connectivity index (χ3v) is 8.84. The van der Waals surface area contributed by atoms with Gasteiger partial charge in [0.05, 0.1) is 22.8 Å². The lowest BCUT2D eigenvalue weighted by atomic mass is 10.0. The number of H-pyrrole nitrogens is 2. The number of aryl methyl sites for hydroxylation is 3. The maximum absolute atomic E-state index is 12.7. The molecule has 0 radical (unpaired) electrons. The van der Waals surface area contributed by atoms with Crippen LogP contribution in [-0.2, 0) is 25.5 Å². The Bertz CT molecular complexity index is 1930. The summed E-state index contributed by atoms with van der Waals surface area (Å²) < 4.78 is 11.0. The minimum Gasteiger partial charge on any atom is -0.464 e. The highest BCUT2D eigenvalue weighted by Gasteiger charge is 2.20. The second-order valence-corrected chi connectivity index (χ2v) is 13.2. The van der Waals surface area contributed by atoms with Crippen molar-refractivity contribution in [3.05, 3.63) is 69.8 Å². The number of nitrogens with one attached hydrogen (secondary N) is 2. The molecule has 2 aliphatic rings. The summed E-state index contributed by atoms with van der Waals surface area (Å²) in [4.78, 5) is 46.6. The van der Waals surface area contributed by atoms with Crippen LogP contribution in [0.15, 0.2) is 30.3 Å². The van der Waals surface area contributed by atoms with E-state index in [9.17, 15) is 9.59 Å². The molecule has 2 N–H and O–H groups in total. The van der Waals surface area contributed by atoms with Crippen LogP contribution in [0.1, 0.15) is 72.6 Å². The average molecular weight is 653 g/mol.